The highest BCUT2D eigenvalue weighted by atomic mass is 16.5. The molecule has 2 aromatic rings. The van der Waals surface area contributed by atoms with Gasteiger partial charge in [-0.3, -0.25) is 4.79 Å². The second kappa shape index (κ2) is 8.19. The maximum Gasteiger partial charge on any atom is 0.330 e. The Kier molecular flexibility index (Phi) is 6.00. The van der Waals surface area contributed by atoms with Crippen molar-refractivity contribution in [1.29, 1.82) is 0 Å². The number of nitrogens with one attached hydrogen (secondary N) is 1. The van der Waals surface area contributed by atoms with E-state index in [-0.39, 0.29) is 6.61 Å². The molecule has 0 radical (unpaired) electrons. The van der Waals surface area contributed by atoms with Crippen LogP contribution in [-0.2, 0) is 9.59 Å². The molecule has 1 unspecified atom stereocenters. The average molecular weight is 343 g/mol. The van der Waals surface area contributed by atoms with E-state index in [0.717, 1.165) is 11.1 Å². The molecule has 0 saturated carbocycles. The van der Waals surface area contributed by atoms with Gasteiger partial charge in [-0.1, -0.05) is 24.3 Å². The third-order valence-electron chi connectivity index (χ3n) is 3.92. The lowest BCUT2D eigenvalue weighted by Gasteiger charge is -2.18. The van der Waals surface area contributed by atoms with Gasteiger partial charge in [0.15, 0.2) is 12.6 Å². The van der Waals surface area contributed by atoms with Gasteiger partial charge in [0.25, 0.3) is 5.91 Å². The molecule has 0 bridgehead atoms. The third-order valence-corrected chi connectivity index (χ3v) is 3.92. The molecule has 1 amide bonds. The van der Waals surface area contributed by atoms with Crippen molar-refractivity contribution in [1.82, 2.24) is 5.32 Å². The fourth-order valence-corrected chi connectivity index (χ4v) is 2.40. The van der Waals surface area contributed by atoms with Gasteiger partial charge in [0.2, 0.25) is 0 Å². The van der Waals surface area contributed by atoms with Crippen molar-refractivity contribution < 1.29 is 24.2 Å². The fourth-order valence-electron chi connectivity index (χ4n) is 2.40. The number of carbonyl (C=O) groups is 2. The summed E-state index contributed by atoms with van der Waals surface area (Å²) >= 11 is 0. The van der Waals surface area contributed by atoms with Gasteiger partial charge in [-0.2, -0.15) is 0 Å². The monoisotopic (exact) mass is 343 g/mol. The Morgan fingerprint density at radius 1 is 1.12 bits per heavy atom. The smallest absolute Gasteiger partial charge is 0.330 e. The first-order valence-corrected chi connectivity index (χ1v) is 7.77. The van der Waals surface area contributed by atoms with Gasteiger partial charge in [-0.25, -0.2) is 4.79 Å². The zero-order valence-electron chi connectivity index (χ0n) is 14.4. The minimum Gasteiger partial charge on any atom is -0.497 e. The molecule has 0 saturated heterocycles. The quantitative estimate of drug-likeness (QED) is 0.807. The molecule has 6 nitrogen and oxygen atoms in total. The molecular formula is C19H21NO5. The molecule has 6 heteroatoms. The average Bonchev–Trinajstić information content (AvgIpc) is 2.60. The number of amides is 1. The first-order valence-electron chi connectivity index (χ1n) is 7.77. The van der Waals surface area contributed by atoms with Crippen LogP contribution in [0.5, 0.6) is 11.5 Å². The molecule has 0 aliphatic carbocycles. The summed E-state index contributed by atoms with van der Waals surface area (Å²) in [5.74, 6) is -0.565. The van der Waals surface area contributed by atoms with Gasteiger partial charge >= 0.3 is 5.97 Å². The van der Waals surface area contributed by atoms with Crippen LogP contribution in [0.2, 0.25) is 0 Å². The summed E-state index contributed by atoms with van der Waals surface area (Å²) in [6.07, 6.45) is 0. The Morgan fingerprint density at radius 3 is 2.48 bits per heavy atom. The van der Waals surface area contributed by atoms with E-state index in [1.807, 2.05) is 19.9 Å². The molecule has 2 N–H and O–H groups in total. The van der Waals surface area contributed by atoms with E-state index in [4.69, 9.17) is 9.47 Å². The minimum absolute atomic E-state index is 0.290. The SMILES string of the molecule is COc1cccc(OCC(=O)NC(C(=O)O)c2cccc(C)c2C)c1. The number of aryl methyl sites for hydroxylation is 1. The third kappa shape index (κ3) is 4.73. The minimum atomic E-state index is -1.12. The summed E-state index contributed by atoms with van der Waals surface area (Å²) in [5, 5.41) is 12.0. The van der Waals surface area contributed by atoms with Gasteiger partial charge in [-0.15, -0.1) is 0 Å². The number of aliphatic carboxylic acids is 1. The highest BCUT2D eigenvalue weighted by Gasteiger charge is 2.24. The van der Waals surface area contributed by atoms with E-state index in [9.17, 15) is 14.7 Å². The van der Waals surface area contributed by atoms with Crippen LogP contribution in [0.15, 0.2) is 42.5 Å². The van der Waals surface area contributed by atoms with E-state index in [1.54, 1.807) is 36.4 Å². The van der Waals surface area contributed by atoms with Gasteiger partial charge < -0.3 is 19.9 Å². The maximum absolute atomic E-state index is 12.1. The van der Waals surface area contributed by atoms with E-state index >= 15 is 0 Å². The molecule has 0 spiro atoms. The van der Waals surface area contributed by atoms with Gasteiger partial charge in [0.1, 0.15) is 11.5 Å². The summed E-state index contributed by atoms with van der Waals surface area (Å²) in [5.41, 5.74) is 2.36. The second-order valence-corrected chi connectivity index (χ2v) is 5.60. The van der Waals surface area contributed by atoms with Crippen LogP contribution < -0.4 is 14.8 Å². The summed E-state index contributed by atoms with van der Waals surface area (Å²) < 4.78 is 10.5. The summed E-state index contributed by atoms with van der Waals surface area (Å²) in [7, 11) is 1.54. The van der Waals surface area contributed by atoms with Crippen LogP contribution in [0.1, 0.15) is 22.7 Å². The maximum atomic E-state index is 12.1. The lowest BCUT2D eigenvalue weighted by atomic mass is 9.97. The Bertz CT molecular complexity index is 772. The molecule has 0 aliphatic rings. The zero-order chi connectivity index (χ0) is 18.4. The van der Waals surface area contributed by atoms with Crippen LogP contribution in [-0.4, -0.2) is 30.7 Å². The van der Waals surface area contributed by atoms with E-state index in [1.165, 1.54) is 7.11 Å². The normalized spacial score (nSPS) is 11.5. The Labute approximate surface area is 146 Å². The van der Waals surface area contributed by atoms with Crippen molar-refractivity contribution in [3.8, 4) is 11.5 Å². The molecule has 2 aromatic carbocycles. The lowest BCUT2D eigenvalue weighted by molar-refractivity contribution is -0.142. The highest BCUT2D eigenvalue weighted by molar-refractivity contribution is 5.85. The number of rotatable bonds is 7. The van der Waals surface area contributed by atoms with Gasteiger partial charge in [-0.05, 0) is 42.7 Å². The molecule has 0 aliphatic heterocycles. The van der Waals surface area contributed by atoms with Crippen LogP contribution in [0, 0.1) is 13.8 Å². The van der Waals surface area contributed by atoms with E-state index in [2.05, 4.69) is 5.32 Å². The topological polar surface area (TPSA) is 84.9 Å². The van der Waals surface area contributed by atoms with Crippen molar-refractivity contribution in [2.75, 3.05) is 13.7 Å². The highest BCUT2D eigenvalue weighted by Crippen LogP contribution is 2.21. The predicted molar refractivity (Wildman–Crippen MR) is 92.9 cm³/mol. The van der Waals surface area contributed by atoms with Crippen molar-refractivity contribution in [2.45, 2.75) is 19.9 Å². The number of benzene rings is 2. The number of carboxylic acid groups (broad SMARTS) is 1. The van der Waals surface area contributed by atoms with Crippen molar-refractivity contribution in [3.63, 3.8) is 0 Å². The van der Waals surface area contributed by atoms with Crippen molar-refractivity contribution >= 4 is 11.9 Å². The van der Waals surface area contributed by atoms with Crippen molar-refractivity contribution in [2.24, 2.45) is 0 Å². The zero-order valence-corrected chi connectivity index (χ0v) is 14.4. The van der Waals surface area contributed by atoms with E-state index in [0.29, 0.717) is 17.1 Å². The van der Waals surface area contributed by atoms with Crippen LogP contribution in [0.3, 0.4) is 0 Å². The first kappa shape index (κ1) is 18.3. The molecule has 1 atom stereocenters. The number of carboxylic acids is 1. The number of ether oxygens (including phenoxy) is 2. The van der Waals surface area contributed by atoms with E-state index < -0.39 is 17.9 Å². The van der Waals surface area contributed by atoms with Gasteiger partial charge in [0.05, 0.1) is 7.11 Å². The second-order valence-electron chi connectivity index (χ2n) is 5.60. The summed E-state index contributed by atoms with van der Waals surface area (Å²) in [4.78, 5) is 23.7. The fraction of sp³-hybridized carbons (Fsp3) is 0.263. The number of hydrogen-bond donors (Lipinski definition) is 2. The van der Waals surface area contributed by atoms with Crippen LogP contribution >= 0.6 is 0 Å². The van der Waals surface area contributed by atoms with Gasteiger partial charge in [0, 0.05) is 6.07 Å². The first-order chi connectivity index (χ1) is 11.9. The molecular weight excluding hydrogens is 322 g/mol. The molecule has 2 rings (SSSR count). The Morgan fingerprint density at radius 2 is 1.80 bits per heavy atom. The van der Waals surface area contributed by atoms with Crippen LogP contribution in [0.25, 0.3) is 0 Å². The molecule has 132 valence electrons. The lowest BCUT2D eigenvalue weighted by Crippen LogP contribution is -2.37. The largest absolute Gasteiger partial charge is 0.497 e. The van der Waals surface area contributed by atoms with Crippen LogP contribution in [0.4, 0.5) is 0 Å². The Hall–Kier alpha value is -3.02. The van der Waals surface area contributed by atoms with Crippen molar-refractivity contribution in [3.05, 3.63) is 59.2 Å². The predicted octanol–water partition coefficient (Wildman–Crippen LogP) is 2.63. The summed E-state index contributed by atoms with van der Waals surface area (Å²) in [6, 6.07) is 11.1. The number of methoxy groups -OCH3 is 1. The standard InChI is InChI=1S/C19H21NO5/c1-12-6-4-9-16(13(12)2)18(19(22)23)20-17(21)11-25-15-8-5-7-14(10-15)24-3/h4-10,18H,11H2,1-3H3,(H,20,21)(H,22,23). The molecule has 0 fully saturated rings. The molecule has 0 heterocycles. The molecule has 0 aromatic heterocycles. The number of carbonyl (C=O) groups excluding carboxylic acids is 1. The number of hydrogen-bond acceptors (Lipinski definition) is 4. The molecule has 25 heavy (non-hydrogen) atoms. The Balaban J connectivity index is 2.05. The summed E-state index contributed by atoms with van der Waals surface area (Å²) in [6.45, 7) is 3.44.